The van der Waals surface area contributed by atoms with E-state index < -0.39 is 0 Å². The van der Waals surface area contributed by atoms with E-state index in [1.807, 2.05) is 31.2 Å². The Bertz CT molecular complexity index is 740. The third-order valence-corrected chi connectivity index (χ3v) is 3.10. The van der Waals surface area contributed by atoms with Gasteiger partial charge in [-0.05, 0) is 37.3 Å². The van der Waals surface area contributed by atoms with Crippen molar-refractivity contribution in [3.63, 3.8) is 0 Å². The molecule has 1 aromatic carbocycles. The van der Waals surface area contributed by atoms with Crippen LogP contribution in [-0.2, 0) is 6.61 Å². The van der Waals surface area contributed by atoms with E-state index in [-0.39, 0.29) is 0 Å². The number of rotatable bonds is 5. The Kier molecular flexibility index (Phi) is 3.92. The van der Waals surface area contributed by atoms with Crippen LogP contribution in [0.2, 0.25) is 5.02 Å². The van der Waals surface area contributed by atoms with Gasteiger partial charge in [-0.1, -0.05) is 11.6 Å². The molecule has 0 spiro atoms. The highest BCUT2D eigenvalue weighted by atomic mass is 35.5. The molecule has 6 heteroatoms. The summed E-state index contributed by atoms with van der Waals surface area (Å²) in [5.74, 6) is 2.02. The number of imidazole rings is 1. The first-order chi connectivity index (χ1) is 10.2. The molecule has 5 nitrogen and oxygen atoms in total. The molecule has 3 rings (SSSR count). The molecule has 21 heavy (non-hydrogen) atoms. The van der Waals surface area contributed by atoms with Crippen LogP contribution < -0.4 is 9.47 Å². The quantitative estimate of drug-likeness (QED) is 0.782. The number of nitrogens with one attached hydrogen (secondary N) is 1. The molecular formula is C15H14ClN3O2. The van der Waals surface area contributed by atoms with Crippen LogP contribution in [0.25, 0.3) is 11.2 Å². The average Bonchev–Trinajstić information content (AvgIpc) is 2.89. The van der Waals surface area contributed by atoms with Gasteiger partial charge in [0, 0.05) is 11.1 Å². The Hall–Kier alpha value is -2.27. The van der Waals surface area contributed by atoms with Crippen LogP contribution in [0.1, 0.15) is 12.7 Å². The predicted octanol–water partition coefficient (Wildman–Crippen LogP) is 3.59. The Morgan fingerprint density at radius 3 is 2.62 bits per heavy atom. The van der Waals surface area contributed by atoms with Gasteiger partial charge < -0.3 is 14.5 Å². The number of hydrogen-bond donors (Lipinski definition) is 1. The number of ether oxygens (including phenoxy) is 2. The Balaban J connectivity index is 1.73. The number of H-pyrrole nitrogens is 1. The maximum Gasteiger partial charge on any atom is 0.215 e. The van der Waals surface area contributed by atoms with Gasteiger partial charge in [0.2, 0.25) is 5.88 Å². The zero-order chi connectivity index (χ0) is 14.7. The van der Waals surface area contributed by atoms with Crippen LogP contribution in [-0.4, -0.2) is 21.6 Å². The van der Waals surface area contributed by atoms with Crippen LogP contribution in [0, 0.1) is 0 Å². The van der Waals surface area contributed by atoms with E-state index in [1.54, 1.807) is 12.1 Å². The lowest BCUT2D eigenvalue weighted by Gasteiger charge is -2.03. The van der Waals surface area contributed by atoms with E-state index in [9.17, 15) is 0 Å². The molecule has 0 unspecified atom stereocenters. The van der Waals surface area contributed by atoms with E-state index in [1.165, 1.54) is 0 Å². The minimum absolute atomic E-state index is 0.335. The number of halogens is 1. The second-order valence-electron chi connectivity index (χ2n) is 4.38. The molecule has 0 atom stereocenters. The average molecular weight is 304 g/mol. The van der Waals surface area contributed by atoms with Crippen LogP contribution in [0.4, 0.5) is 0 Å². The molecule has 0 radical (unpaired) electrons. The second-order valence-corrected chi connectivity index (χ2v) is 4.82. The summed E-state index contributed by atoms with van der Waals surface area (Å²) in [6, 6.07) is 10.9. The maximum atomic E-state index is 5.83. The number of aromatic nitrogens is 3. The summed E-state index contributed by atoms with van der Waals surface area (Å²) >= 11 is 5.83. The fraction of sp³-hybridized carbons (Fsp3) is 0.200. The first kappa shape index (κ1) is 13.7. The molecule has 0 amide bonds. The molecule has 2 aromatic heterocycles. The molecule has 0 bridgehead atoms. The van der Waals surface area contributed by atoms with Crippen molar-refractivity contribution in [3.8, 4) is 11.6 Å². The van der Waals surface area contributed by atoms with E-state index in [0.717, 1.165) is 11.3 Å². The SMILES string of the molecule is CCOc1ccc2[nH]c(COc3ccc(Cl)cc3)nc2n1. The minimum Gasteiger partial charge on any atom is -0.486 e. The van der Waals surface area contributed by atoms with Crippen molar-refractivity contribution >= 4 is 22.8 Å². The van der Waals surface area contributed by atoms with Crippen molar-refractivity contribution in [1.29, 1.82) is 0 Å². The molecule has 1 N–H and O–H groups in total. The lowest BCUT2D eigenvalue weighted by atomic mass is 10.3. The lowest BCUT2D eigenvalue weighted by Crippen LogP contribution is -1.97. The summed E-state index contributed by atoms with van der Waals surface area (Å²) in [6.07, 6.45) is 0. The summed E-state index contributed by atoms with van der Waals surface area (Å²) in [5.41, 5.74) is 1.48. The molecule has 0 saturated heterocycles. The highest BCUT2D eigenvalue weighted by molar-refractivity contribution is 6.30. The number of nitrogens with zero attached hydrogens (tertiary/aromatic N) is 2. The highest BCUT2D eigenvalue weighted by Crippen LogP contribution is 2.18. The van der Waals surface area contributed by atoms with Crippen LogP contribution in [0.3, 0.4) is 0 Å². The Morgan fingerprint density at radius 1 is 1.05 bits per heavy atom. The van der Waals surface area contributed by atoms with Gasteiger partial charge in [0.25, 0.3) is 0 Å². The normalized spacial score (nSPS) is 10.8. The van der Waals surface area contributed by atoms with Crippen molar-refractivity contribution in [2.45, 2.75) is 13.5 Å². The number of benzene rings is 1. The van der Waals surface area contributed by atoms with Gasteiger partial charge in [0.1, 0.15) is 18.2 Å². The standard InChI is InChI=1S/C15H14ClN3O2/c1-2-20-14-8-7-12-15(19-14)18-13(17-12)9-21-11-5-3-10(16)4-6-11/h3-8H,2,9H2,1H3,(H,17,18,19). The predicted molar refractivity (Wildman–Crippen MR) is 80.8 cm³/mol. The van der Waals surface area contributed by atoms with Gasteiger partial charge in [-0.25, -0.2) is 4.98 Å². The maximum absolute atomic E-state index is 5.83. The first-order valence-corrected chi connectivity index (χ1v) is 6.99. The molecular weight excluding hydrogens is 290 g/mol. The Labute approximate surface area is 126 Å². The van der Waals surface area contributed by atoms with E-state index in [4.69, 9.17) is 21.1 Å². The molecule has 2 heterocycles. The molecule has 108 valence electrons. The summed E-state index contributed by atoms with van der Waals surface area (Å²) in [7, 11) is 0. The monoisotopic (exact) mass is 303 g/mol. The number of fused-ring (bicyclic) bond motifs is 1. The summed E-state index contributed by atoms with van der Waals surface area (Å²) in [6.45, 7) is 2.83. The third-order valence-electron chi connectivity index (χ3n) is 2.85. The van der Waals surface area contributed by atoms with Gasteiger partial charge in [-0.2, -0.15) is 4.98 Å². The smallest absolute Gasteiger partial charge is 0.215 e. The molecule has 3 aromatic rings. The summed E-state index contributed by atoms with van der Waals surface area (Å²) in [5, 5.41) is 0.679. The van der Waals surface area contributed by atoms with E-state index in [0.29, 0.717) is 35.6 Å². The summed E-state index contributed by atoms with van der Waals surface area (Å²) < 4.78 is 11.0. The van der Waals surface area contributed by atoms with Gasteiger partial charge in [-0.3, -0.25) is 0 Å². The number of aromatic amines is 1. The lowest BCUT2D eigenvalue weighted by molar-refractivity contribution is 0.297. The number of pyridine rings is 1. The van der Waals surface area contributed by atoms with Crippen molar-refractivity contribution in [3.05, 3.63) is 47.2 Å². The number of hydrogen-bond acceptors (Lipinski definition) is 4. The van der Waals surface area contributed by atoms with Crippen LogP contribution >= 0.6 is 11.6 Å². The van der Waals surface area contributed by atoms with E-state index >= 15 is 0 Å². The van der Waals surface area contributed by atoms with Crippen molar-refractivity contribution in [2.24, 2.45) is 0 Å². The van der Waals surface area contributed by atoms with Gasteiger partial charge in [0.05, 0.1) is 12.1 Å². The molecule has 0 aliphatic heterocycles. The van der Waals surface area contributed by atoms with Gasteiger partial charge >= 0.3 is 0 Å². The van der Waals surface area contributed by atoms with Gasteiger partial charge in [0.15, 0.2) is 5.65 Å². The largest absolute Gasteiger partial charge is 0.486 e. The molecule has 0 aliphatic rings. The van der Waals surface area contributed by atoms with Crippen molar-refractivity contribution in [1.82, 2.24) is 15.0 Å². The first-order valence-electron chi connectivity index (χ1n) is 6.61. The van der Waals surface area contributed by atoms with Crippen LogP contribution in [0.5, 0.6) is 11.6 Å². The second kappa shape index (κ2) is 6.01. The van der Waals surface area contributed by atoms with Crippen molar-refractivity contribution < 1.29 is 9.47 Å². The minimum atomic E-state index is 0.335. The third kappa shape index (κ3) is 3.25. The van der Waals surface area contributed by atoms with E-state index in [2.05, 4.69) is 15.0 Å². The molecule has 0 aliphatic carbocycles. The fourth-order valence-electron chi connectivity index (χ4n) is 1.90. The Morgan fingerprint density at radius 2 is 1.86 bits per heavy atom. The highest BCUT2D eigenvalue weighted by Gasteiger charge is 2.06. The fourth-order valence-corrected chi connectivity index (χ4v) is 2.03. The zero-order valence-corrected chi connectivity index (χ0v) is 12.2. The van der Waals surface area contributed by atoms with Crippen LogP contribution in [0.15, 0.2) is 36.4 Å². The molecule has 0 fully saturated rings. The molecule has 0 saturated carbocycles. The summed E-state index contributed by atoms with van der Waals surface area (Å²) in [4.78, 5) is 11.9. The van der Waals surface area contributed by atoms with Gasteiger partial charge in [-0.15, -0.1) is 0 Å². The van der Waals surface area contributed by atoms with Crippen molar-refractivity contribution in [2.75, 3.05) is 6.61 Å². The topological polar surface area (TPSA) is 60.0 Å². The zero-order valence-electron chi connectivity index (χ0n) is 11.5.